The van der Waals surface area contributed by atoms with Crippen molar-refractivity contribution in [3.8, 4) is 0 Å². The summed E-state index contributed by atoms with van der Waals surface area (Å²) in [6, 6.07) is 7.24. The summed E-state index contributed by atoms with van der Waals surface area (Å²) in [5, 5.41) is 15.9. The molecule has 1 heterocycles. The minimum absolute atomic E-state index is 0.0499. The molecule has 194 valence electrons. The normalized spacial score (nSPS) is 17.8. The summed E-state index contributed by atoms with van der Waals surface area (Å²) in [5.41, 5.74) is 11.7. The fraction of sp³-hybridized carbons (Fsp3) is 0.565. The molecule has 1 aliphatic heterocycles. The largest absolute Gasteiger partial charge is 0.390 e. The van der Waals surface area contributed by atoms with Crippen LogP contribution >= 0.6 is 24.2 Å². The highest BCUT2D eigenvalue weighted by molar-refractivity contribution is 7.81. The Balaban J connectivity index is 2.11. The van der Waals surface area contributed by atoms with Crippen LogP contribution in [0.3, 0.4) is 0 Å². The number of alkyl halides is 1. The third kappa shape index (κ3) is 9.23. The van der Waals surface area contributed by atoms with E-state index in [0.717, 1.165) is 5.56 Å². The molecule has 0 aliphatic carbocycles. The van der Waals surface area contributed by atoms with Gasteiger partial charge in [0.1, 0.15) is 12.1 Å². The molecule has 3 amide bonds. The molecule has 0 saturated carbocycles. The van der Waals surface area contributed by atoms with Crippen LogP contribution in [-0.4, -0.2) is 82.6 Å². The molecule has 12 heteroatoms. The van der Waals surface area contributed by atoms with Gasteiger partial charge in [-0.1, -0.05) is 30.3 Å². The van der Waals surface area contributed by atoms with E-state index in [-0.39, 0.29) is 35.3 Å². The van der Waals surface area contributed by atoms with Gasteiger partial charge in [0, 0.05) is 13.0 Å². The minimum atomic E-state index is -0.953. The first-order chi connectivity index (χ1) is 16.8. The number of rotatable bonds is 13. The van der Waals surface area contributed by atoms with E-state index in [2.05, 4.69) is 28.3 Å². The van der Waals surface area contributed by atoms with Crippen LogP contribution in [0.5, 0.6) is 0 Å². The Morgan fingerprint density at radius 3 is 2.57 bits per heavy atom. The molecule has 0 spiro atoms. The number of nitrogens with zero attached hydrogens (tertiary/aromatic N) is 1. The first-order valence-corrected chi connectivity index (χ1v) is 12.8. The summed E-state index contributed by atoms with van der Waals surface area (Å²) >= 11 is 9.84. The molecule has 2 rings (SSSR count). The predicted octanol–water partition coefficient (Wildman–Crippen LogP) is -2.15. The average molecular weight is 528 g/mol. The zero-order valence-electron chi connectivity index (χ0n) is 19.7. The van der Waals surface area contributed by atoms with Crippen LogP contribution in [0.4, 0.5) is 0 Å². The van der Waals surface area contributed by atoms with Gasteiger partial charge in [0.2, 0.25) is 17.7 Å². The molecule has 0 radical (unpaired) electrons. The van der Waals surface area contributed by atoms with E-state index >= 15 is 0 Å². The van der Waals surface area contributed by atoms with E-state index in [1.807, 2.05) is 30.3 Å². The van der Waals surface area contributed by atoms with Crippen LogP contribution in [0, 0.1) is 0 Å². The Bertz CT molecular complexity index is 871. The maximum Gasteiger partial charge on any atom is 0.338 e. The number of aliphatic hydroxyl groups is 1. The van der Waals surface area contributed by atoms with Gasteiger partial charge in [0.05, 0.1) is 30.3 Å². The third-order valence-electron chi connectivity index (χ3n) is 5.87. The lowest BCUT2D eigenvalue weighted by Gasteiger charge is -2.31. The summed E-state index contributed by atoms with van der Waals surface area (Å²) in [7, 11) is 0. The number of nitrogens with two attached hydrogens (primary N) is 2. The van der Waals surface area contributed by atoms with E-state index in [9.17, 15) is 19.5 Å². The van der Waals surface area contributed by atoms with Crippen LogP contribution in [0.25, 0.3) is 0 Å². The van der Waals surface area contributed by atoms with Gasteiger partial charge in [-0.2, -0.15) is 12.6 Å². The van der Waals surface area contributed by atoms with Crippen molar-refractivity contribution in [3.05, 3.63) is 35.9 Å². The number of benzene rings is 1. The first-order valence-electron chi connectivity index (χ1n) is 11.7. The molecule has 4 atom stereocenters. The fourth-order valence-corrected chi connectivity index (χ4v) is 4.40. The quantitative estimate of drug-likeness (QED) is 0.0508. The summed E-state index contributed by atoms with van der Waals surface area (Å²) in [5.74, 6) is -1.05. The number of carbonyl (C=O) groups is 3. The second-order valence-electron chi connectivity index (χ2n) is 8.52. The van der Waals surface area contributed by atoms with Crippen LogP contribution < -0.4 is 27.1 Å². The van der Waals surface area contributed by atoms with Crippen molar-refractivity contribution in [2.75, 3.05) is 24.7 Å². The molecular formula is C23H36ClN6O4S+. The molecule has 1 aliphatic rings. The van der Waals surface area contributed by atoms with Crippen molar-refractivity contribution in [2.24, 2.45) is 11.5 Å². The molecule has 1 saturated heterocycles. The van der Waals surface area contributed by atoms with Gasteiger partial charge in [-0.05, 0) is 31.2 Å². The monoisotopic (exact) mass is 527 g/mol. The van der Waals surface area contributed by atoms with Crippen LogP contribution in [0.1, 0.15) is 31.2 Å². The number of halogens is 1. The van der Waals surface area contributed by atoms with Crippen LogP contribution in [-0.2, 0) is 20.8 Å². The molecular weight excluding hydrogens is 492 g/mol. The van der Waals surface area contributed by atoms with Crippen LogP contribution in [0.2, 0.25) is 0 Å². The molecule has 1 aromatic rings. The number of hydrogen-bond donors (Lipinski definition) is 7. The molecule has 0 aromatic heterocycles. The number of hydrogen-bond acceptors (Lipinski definition) is 5. The maximum absolute atomic E-state index is 13.5. The highest BCUT2D eigenvalue weighted by atomic mass is 35.5. The van der Waals surface area contributed by atoms with Gasteiger partial charge in [-0.25, -0.2) is 0 Å². The zero-order chi connectivity index (χ0) is 25.8. The zero-order valence-corrected chi connectivity index (χ0v) is 21.3. The molecule has 1 unspecified atom stereocenters. The van der Waals surface area contributed by atoms with Crippen LogP contribution in [0.15, 0.2) is 30.3 Å². The fourth-order valence-electron chi connectivity index (χ4n) is 4.09. The Kier molecular flexibility index (Phi) is 12.1. The van der Waals surface area contributed by atoms with E-state index in [1.54, 1.807) is 0 Å². The van der Waals surface area contributed by atoms with Gasteiger partial charge in [0.15, 0.2) is 0 Å². The Morgan fingerprint density at radius 1 is 1.23 bits per heavy atom. The smallest absolute Gasteiger partial charge is 0.338 e. The van der Waals surface area contributed by atoms with Gasteiger partial charge in [0.25, 0.3) is 0 Å². The predicted molar refractivity (Wildman–Crippen MR) is 138 cm³/mol. The lowest BCUT2D eigenvalue weighted by Crippen LogP contribution is -2.78. The molecule has 1 fully saturated rings. The van der Waals surface area contributed by atoms with Gasteiger partial charge < -0.3 is 20.6 Å². The number of aliphatic hydroxyl groups excluding tert-OH is 1. The summed E-state index contributed by atoms with van der Waals surface area (Å²) in [6.07, 6.45) is 1.51. The first kappa shape index (κ1) is 28.7. The minimum Gasteiger partial charge on any atom is -0.390 e. The average Bonchev–Trinajstić information content (AvgIpc) is 3.35. The second-order valence-corrected chi connectivity index (χ2v) is 9.14. The van der Waals surface area contributed by atoms with Crippen molar-refractivity contribution in [3.63, 3.8) is 0 Å². The van der Waals surface area contributed by atoms with E-state index in [4.69, 9.17) is 23.1 Å². The Morgan fingerprint density at radius 2 is 1.94 bits per heavy atom. The Labute approximate surface area is 216 Å². The number of guanidine groups is 1. The molecule has 1 aromatic carbocycles. The number of amides is 3. The summed E-state index contributed by atoms with van der Waals surface area (Å²) in [6.45, 7) is 0.876. The highest BCUT2D eigenvalue weighted by Gasteiger charge is 2.38. The van der Waals surface area contributed by atoms with Crippen molar-refractivity contribution >= 4 is 47.9 Å². The SMILES string of the molecule is NC(N)=[NH+]CCC[C@H](NC(=O)[C@@H]1CCCN1C(=O)[C@@H](Cc1ccccc1)NC(=O)CS)C(O)CCl. The van der Waals surface area contributed by atoms with Crippen molar-refractivity contribution in [1.82, 2.24) is 15.5 Å². The molecule has 35 heavy (non-hydrogen) atoms. The van der Waals surface area contributed by atoms with Gasteiger partial charge in [-0.15, -0.1) is 11.6 Å². The van der Waals surface area contributed by atoms with E-state index in [1.165, 1.54) is 4.90 Å². The highest BCUT2D eigenvalue weighted by Crippen LogP contribution is 2.20. The molecule has 10 nitrogen and oxygen atoms in total. The number of nitrogens with one attached hydrogen (secondary N) is 3. The summed E-state index contributed by atoms with van der Waals surface area (Å²) < 4.78 is 0. The molecule has 0 bridgehead atoms. The van der Waals surface area contributed by atoms with Crippen molar-refractivity contribution in [2.45, 2.75) is 56.3 Å². The van der Waals surface area contributed by atoms with Gasteiger partial charge >= 0.3 is 5.96 Å². The second kappa shape index (κ2) is 14.8. The van der Waals surface area contributed by atoms with Crippen molar-refractivity contribution < 1.29 is 24.5 Å². The lowest BCUT2D eigenvalue weighted by atomic mass is 10.0. The number of carbonyl (C=O) groups excluding carboxylic acids is 3. The van der Waals surface area contributed by atoms with Crippen molar-refractivity contribution in [1.29, 1.82) is 0 Å². The lowest BCUT2D eigenvalue weighted by molar-refractivity contribution is -0.459. The molecule has 8 N–H and O–H groups in total. The number of likely N-dealkylation sites (tertiary alicyclic amines) is 1. The maximum atomic E-state index is 13.5. The third-order valence-corrected chi connectivity index (χ3v) is 6.47. The van der Waals surface area contributed by atoms with E-state index < -0.39 is 24.2 Å². The Hall–Kier alpha value is -2.50. The summed E-state index contributed by atoms with van der Waals surface area (Å²) in [4.78, 5) is 43.0. The topological polar surface area (TPSA) is 165 Å². The standard InChI is InChI=1S/C23H35ClN6O4S/c24-13-19(31)16(8-4-10-27-23(25)26)29-21(33)18-9-5-11-30(18)22(34)17(28-20(32)14-35)12-15-6-2-1-3-7-15/h1-3,6-7,16-19,31,35H,4-5,8-14H2,(H,28,32)(H,29,33)(H4,25,26,27)/p+1/t16-,17+,18-,19?/m0/s1. The van der Waals surface area contributed by atoms with E-state index in [0.29, 0.717) is 45.2 Å². The number of thiol groups is 1. The van der Waals surface area contributed by atoms with Gasteiger partial charge in [-0.3, -0.25) is 30.8 Å².